The van der Waals surface area contributed by atoms with Crippen LogP contribution in [0.4, 0.5) is 13.2 Å². The zero-order valence-electron chi connectivity index (χ0n) is 9.96. The summed E-state index contributed by atoms with van der Waals surface area (Å²) >= 11 is 0. The van der Waals surface area contributed by atoms with Crippen molar-refractivity contribution in [2.24, 2.45) is 0 Å². The molecule has 0 atom stereocenters. The molecule has 19 heavy (non-hydrogen) atoms. The van der Waals surface area contributed by atoms with Gasteiger partial charge >= 0.3 is 5.97 Å². The van der Waals surface area contributed by atoms with Crippen molar-refractivity contribution in [3.8, 4) is 5.75 Å². The number of hydrogen-bond donors (Lipinski definition) is 0. The predicted octanol–water partition coefficient (Wildman–Crippen LogP) is 2.45. The number of methoxy groups -OCH3 is 2. The van der Waals surface area contributed by atoms with Gasteiger partial charge in [-0.3, -0.25) is 0 Å². The van der Waals surface area contributed by atoms with E-state index in [4.69, 9.17) is 4.74 Å². The van der Waals surface area contributed by atoms with Gasteiger partial charge in [-0.25, -0.2) is 22.9 Å². The molecule has 0 aliphatic rings. The second-order valence-corrected chi connectivity index (χ2v) is 3.58. The van der Waals surface area contributed by atoms with Gasteiger partial charge in [-0.2, -0.15) is 0 Å². The molecule has 1 aromatic carbocycles. The fourth-order valence-electron chi connectivity index (χ4n) is 1.64. The number of rotatable bonds is 2. The third-order valence-corrected chi connectivity index (χ3v) is 2.51. The molecule has 0 radical (unpaired) electrons. The predicted molar refractivity (Wildman–Crippen MR) is 59.5 cm³/mol. The van der Waals surface area contributed by atoms with E-state index in [1.54, 1.807) is 0 Å². The number of esters is 1. The maximum Gasteiger partial charge on any atom is 0.356 e. The van der Waals surface area contributed by atoms with Crippen LogP contribution in [0.15, 0.2) is 12.1 Å². The van der Waals surface area contributed by atoms with E-state index in [2.05, 4.69) is 9.72 Å². The Morgan fingerprint density at radius 3 is 2.42 bits per heavy atom. The quantitative estimate of drug-likeness (QED) is 0.621. The summed E-state index contributed by atoms with van der Waals surface area (Å²) < 4.78 is 49.7. The number of pyridine rings is 1. The number of aromatic nitrogens is 1. The minimum atomic E-state index is -1.36. The number of nitrogens with zero attached hydrogens (tertiary/aromatic N) is 1. The molecule has 0 fully saturated rings. The zero-order valence-corrected chi connectivity index (χ0v) is 9.96. The van der Waals surface area contributed by atoms with Gasteiger partial charge in [-0.1, -0.05) is 0 Å². The molecule has 0 unspecified atom stereocenters. The summed E-state index contributed by atoms with van der Waals surface area (Å²) in [4.78, 5) is 15.0. The average molecular weight is 271 g/mol. The van der Waals surface area contributed by atoms with Crippen LogP contribution in [0.2, 0.25) is 0 Å². The maximum atomic E-state index is 13.7. The molecule has 0 N–H and O–H groups in total. The Balaban J connectivity index is 2.88. The second kappa shape index (κ2) is 4.75. The van der Waals surface area contributed by atoms with E-state index < -0.39 is 34.3 Å². The minimum Gasteiger partial charge on any atom is -0.496 e. The highest BCUT2D eigenvalue weighted by molar-refractivity contribution is 5.94. The topological polar surface area (TPSA) is 48.4 Å². The third-order valence-electron chi connectivity index (χ3n) is 2.51. The Morgan fingerprint density at radius 1 is 1.16 bits per heavy atom. The molecule has 0 amide bonds. The molecule has 100 valence electrons. The first-order chi connectivity index (χ1) is 8.99. The molecule has 2 aromatic rings. The fraction of sp³-hybridized carbons (Fsp3) is 0.167. The molecule has 7 heteroatoms. The Labute approximate surface area is 105 Å². The number of benzene rings is 1. The van der Waals surface area contributed by atoms with Crippen LogP contribution in [0, 0.1) is 17.5 Å². The number of hydrogen-bond acceptors (Lipinski definition) is 4. The van der Waals surface area contributed by atoms with Crippen LogP contribution >= 0.6 is 0 Å². The number of carbonyl (C=O) groups excluding carboxylic acids is 1. The van der Waals surface area contributed by atoms with E-state index in [9.17, 15) is 18.0 Å². The van der Waals surface area contributed by atoms with Crippen molar-refractivity contribution in [2.75, 3.05) is 14.2 Å². The molecule has 2 rings (SSSR count). The first-order valence-corrected chi connectivity index (χ1v) is 5.10. The highest BCUT2D eigenvalue weighted by Crippen LogP contribution is 2.31. The zero-order chi connectivity index (χ0) is 14.2. The lowest BCUT2D eigenvalue weighted by atomic mass is 10.1. The summed E-state index contributed by atoms with van der Waals surface area (Å²) in [6.07, 6.45) is 0. The summed E-state index contributed by atoms with van der Waals surface area (Å²) in [7, 11) is 2.29. The standard InChI is InChI=1S/C12H8F3NO3/c1-18-8-4-7(12(17)19-2)16-11-6(14)3-5(13)10(15)9(8)11/h3-4H,1-2H3. The Bertz CT molecular complexity index is 673. The smallest absolute Gasteiger partial charge is 0.356 e. The van der Waals surface area contributed by atoms with Crippen molar-refractivity contribution < 1.29 is 27.4 Å². The van der Waals surface area contributed by atoms with Crippen molar-refractivity contribution in [1.29, 1.82) is 0 Å². The molecule has 0 aliphatic carbocycles. The average Bonchev–Trinajstić information content (AvgIpc) is 2.42. The second-order valence-electron chi connectivity index (χ2n) is 3.58. The third kappa shape index (κ3) is 2.07. The molecular weight excluding hydrogens is 263 g/mol. The van der Waals surface area contributed by atoms with Crippen molar-refractivity contribution in [2.45, 2.75) is 0 Å². The van der Waals surface area contributed by atoms with E-state index >= 15 is 0 Å². The largest absolute Gasteiger partial charge is 0.496 e. The van der Waals surface area contributed by atoms with Gasteiger partial charge < -0.3 is 9.47 Å². The van der Waals surface area contributed by atoms with Crippen LogP contribution in [-0.2, 0) is 4.74 Å². The summed E-state index contributed by atoms with van der Waals surface area (Å²) in [6, 6.07) is 1.40. The van der Waals surface area contributed by atoms with Gasteiger partial charge in [0.15, 0.2) is 23.1 Å². The number of carbonyl (C=O) groups is 1. The van der Waals surface area contributed by atoms with Crippen LogP contribution in [-0.4, -0.2) is 25.2 Å². The van der Waals surface area contributed by atoms with Crippen LogP contribution in [0.3, 0.4) is 0 Å². The molecule has 1 heterocycles. The van der Waals surface area contributed by atoms with Gasteiger partial charge in [0, 0.05) is 12.1 Å². The lowest BCUT2D eigenvalue weighted by Crippen LogP contribution is -2.07. The Hall–Kier alpha value is -2.31. The van der Waals surface area contributed by atoms with E-state index in [0.29, 0.717) is 6.07 Å². The van der Waals surface area contributed by atoms with Crippen molar-refractivity contribution in [3.63, 3.8) is 0 Å². The molecule has 0 aliphatic heterocycles. The monoisotopic (exact) mass is 271 g/mol. The minimum absolute atomic E-state index is 0.207. The lowest BCUT2D eigenvalue weighted by Gasteiger charge is -2.09. The maximum absolute atomic E-state index is 13.7. The summed E-state index contributed by atoms with van der Waals surface area (Å²) in [5, 5.41) is -0.465. The van der Waals surface area contributed by atoms with Gasteiger partial charge in [0.2, 0.25) is 0 Å². The van der Waals surface area contributed by atoms with Gasteiger partial charge in [0.05, 0.1) is 19.6 Å². The number of ether oxygens (including phenoxy) is 2. The lowest BCUT2D eigenvalue weighted by molar-refractivity contribution is 0.0594. The fourth-order valence-corrected chi connectivity index (χ4v) is 1.64. The van der Waals surface area contributed by atoms with E-state index in [1.165, 1.54) is 7.11 Å². The molecular formula is C12H8F3NO3. The van der Waals surface area contributed by atoms with Crippen molar-refractivity contribution in [1.82, 2.24) is 4.98 Å². The van der Waals surface area contributed by atoms with Gasteiger partial charge in [0.25, 0.3) is 0 Å². The first kappa shape index (κ1) is 13.1. The highest BCUT2D eigenvalue weighted by atomic mass is 19.2. The molecule has 1 aromatic heterocycles. The van der Waals surface area contributed by atoms with Gasteiger partial charge in [-0.15, -0.1) is 0 Å². The van der Waals surface area contributed by atoms with E-state index in [1.807, 2.05) is 0 Å². The van der Waals surface area contributed by atoms with E-state index in [-0.39, 0.29) is 11.4 Å². The van der Waals surface area contributed by atoms with Crippen molar-refractivity contribution in [3.05, 3.63) is 35.3 Å². The SMILES string of the molecule is COC(=O)c1cc(OC)c2c(F)c(F)cc(F)c2n1. The van der Waals surface area contributed by atoms with Crippen LogP contribution in [0.25, 0.3) is 10.9 Å². The molecule has 4 nitrogen and oxygen atoms in total. The first-order valence-electron chi connectivity index (χ1n) is 5.10. The number of fused-ring (bicyclic) bond motifs is 1. The molecule has 0 spiro atoms. The van der Waals surface area contributed by atoms with Crippen molar-refractivity contribution >= 4 is 16.9 Å². The summed E-state index contributed by atoms with van der Waals surface area (Å²) in [5.41, 5.74) is -0.768. The number of halogens is 3. The van der Waals surface area contributed by atoms with Gasteiger partial charge in [0.1, 0.15) is 11.3 Å². The highest BCUT2D eigenvalue weighted by Gasteiger charge is 2.21. The normalized spacial score (nSPS) is 10.6. The Kier molecular flexibility index (Phi) is 3.28. The molecule has 0 saturated heterocycles. The van der Waals surface area contributed by atoms with Crippen LogP contribution in [0.5, 0.6) is 5.75 Å². The Morgan fingerprint density at radius 2 is 1.84 bits per heavy atom. The molecule has 0 bridgehead atoms. The van der Waals surface area contributed by atoms with E-state index in [0.717, 1.165) is 13.2 Å². The molecule has 0 saturated carbocycles. The summed E-state index contributed by atoms with van der Waals surface area (Å²) in [5.74, 6) is -4.81. The van der Waals surface area contributed by atoms with Gasteiger partial charge in [-0.05, 0) is 0 Å². The van der Waals surface area contributed by atoms with Crippen LogP contribution < -0.4 is 4.74 Å². The van der Waals surface area contributed by atoms with Crippen LogP contribution in [0.1, 0.15) is 10.5 Å². The summed E-state index contributed by atoms with van der Waals surface area (Å²) in [6.45, 7) is 0.